The van der Waals surface area contributed by atoms with Crippen LogP contribution in [-0.4, -0.2) is 18.1 Å². The molecule has 0 unspecified atom stereocenters. The van der Waals surface area contributed by atoms with Gasteiger partial charge in [-0.3, -0.25) is 4.79 Å². The van der Waals surface area contributed by atoms with Gasteiger partial charge in [0.2, 0.25) is 0 Å². The zero-order valence-corrected chi connectivity index (χ0v) is 17.9. The van der Waals surface area contributed by atoms with E-state index in [0.29, 0.717) is 21.3 Å². The maximum absolute atomic E-state index is 12.7. The molecule has 1 amide bonds. The lowest BCUT2D eigenvalue weighted by molar-refractivity contribution is 0.0735. The molecule has 0 aliphatic heterocycles. The normalized spacial score (nSPS) is 10.9. The Kier molecular flexibility index (Phi) is 6.19. The summed E-state index contributed by atoms with van der Waals surface area (Å²) >= 11 is 3.43. The van der Waals surface area contributed by atoms with Gasteiger partial charge < -0.3 is 4.74 Å². The minimum absolute atomic E-state index is 0.295. The second-order valence-corrected chi connectivity index (χ2v) is 7.53. The van der Waals surface area contributed by atoms with Gasteiger partial charge in [-0.2, -0.15) is 5.10 Å². The first kappa shape index (κ1) is 20.5. The van der Waals surface area contributed by atoms with Crippen LogP contribution in [0.25, 0.3) is 10.8 Å². The highest BCUT2D eigenvalue weighted by molar-refractivity contribution is 9.10. The van der Waals surface area contributed by atoms with Gasteiger partial charge >= 0.3 is 5.97 Å². The number of fused-ring (bicyclic) bond motifs is 1. The molecule has 0 spiro atoms. The maximum atomic E-state index is 12.7. The van der Waals surface area contributed by atoms with Crippen LogP contribution in [0.3, 0.4) is 0 Å². The number of esters is 1. The fraction of sp³-hybridized carbons (Fsp3) is 0. The number of amides is 1. The average molecular weight is 473 g/mol. The molecule has 0 aliphatic rings. The van der Waals surface area contributed by atoms with E-state index in [1.165, 1.54) is 6.21 Å². The van der Waals surface area contributed by atoms with Crippen molar-refractivity contribution < 1.29 is 14.3 Å². The molecule has 0 fully saturated rings. The monoisotopic (exact) mass is 472 g/mol. The fourth-order valence-corrected chi connectivity index (χ4v) is 3.54. The Morgan fingerprint density at radius 3 is 2.42 bits per heavy atom. The summed E-state index contributed by atoms with van der Waals surface area (Å²) in [6.45, 7) is 0. The lowest BCUT2D eigenvalue weighted by Crippen LogP contribution is -2.17. The van der Waals surface area contributed by atoms with Crippen molar-refractivity contribution in [2.24, 2.45) is 5.10 Å². The molecule has 152 valence electrons. The summed E-state index contributed by atoms with van der Waals surface area (Å²) in [7, 11) is 0. The van der Waals surface area contributed by atoms with Gasteiger partial charge in [0.05, 0.1) is 16.3 Å². The van der Waals surface area contributed by atoms with Crippen molar-refractivity contribution in [2.75, 3.05) is 0 Å². The summed E-state index contributed by atoms with van der Waals surface area (Å²) in [6, 6.07) is 27.2. The number of nitrogens with one attached hydrogen (secondary N) is 1. The molecule has 4 aromatic rings. The van der Waals surface area contributed by atoms with E-state index in [9.17, 15) is 9.59 Å². The van der Waals surface area contributed by atoms with E-state index in [1.807, 2.05) is 42.5 Å². The molecule has 0 atom stereocenters. The fourth-order valence-electron chi connectivity index (χ4n) is 3.06. The van der Waals surface area contributed by atoms with Crippen molar-refractivity contribution in [1.82, 2.24) is 5.43 Å². The quantitative estimate of drug-likeness (QED) is 0.178. The summed E-state index contributed by atoms with van der Waals surface area (Å²) in [6.07, 6.45) is 1.52. The van der Waals surface area contributed by atoms with Crippen LogP contribution < -0.4 is 10.2 Å². The highest BCUT2D eigenvalue weighted by atomic mass is 79.9. The van der Waals surface area contributed by atoms with Gasteiger partial charge in [0, 0.05) is 5.56 Å². The highest BCUT2D eigenvalue weighted by Gasteiger charge is 2.14. The van der Waals surface area contributed by atoms with Gasteiger partial charge in [0.15, 0.2) is 0 Å². The van der Waals surface area contributed by atoms with E-state index in [4.69, 9.17) is 4.74 Å². The van der Waals surface area contributed by atoms with E-state index in [-0.39, 0.29) is 5.91 Å². The third kappa shape index (κ3) is 4.87. The largest absolute Gasteiger partial charge is 0.422 e. The molecular formula is C25H17BrN2O3. The van der Waals surface area contributed by atoms with Crippen LogP contribution in [0, 0.1) is 0 Å². The molecular weight excluding hydrogens is 456 g/mol. The highest BCUT2D eigenvalue weighted by Crippen LogP contribution is 2.27. The number of carbonyl (C=O) groups excluding carboxylic acids is 2. The van der Waals surface area contributed by atoms with Crippen molar-refractivity contribution in [2.45, 2.75) is 0 Å². The maximum Gasteiger partial charge on any atom is 0.344 e. The van der Waals surface area contributed by atoms with Gasteiger partial charge in [-0.25, -0.2) is 10.2 Å². The SMILES string of the molecule is O=C(N/N=C\c1ccc(OC(=O)c2cccc3ccccc23)c(Br)c1)c1ccccc1. The molecule has 4 aromatic carbocycles. The Bertz CT molecular complexity index is 1280. The predicted molar refractivity (Wildman–Crippen MR) is 125 cm³/mol. The number of hydrazone groups is 1. The Labute approximate surface area is 187 Å². The molecule has 1 N–H and O–H groups in total. The molecule has 5 nitrogen and oxygen atoms in total. The van der Waals surface area contributed by atoms with Crippen molar-refractivity contribution in [3.63, 3.8) is 0 Å². The zero-order valence-electron chi connectivity index (χ0n) is 16.3. The Morgan fingerprint density at radius 1 is 0.871 bits per heavy atom. The van der Waals surface area contributed by atoms with Crippen LogP contribution in [0.2, 0.25) is 0 Å². The second kappa shape index (κ2) is 9.36. The van der Waals surface area contributed by atoms with Crippen LogP contribution >= 0.6 is 15.9 Å². The number of hydrogen-bond acceptors (Lipinski definition) is 4. The summed E-state index contributed by atoms with van der Waals surface area (Å²) in [5.74, 6) is -0.339. The first-order chi connectivity index (χ1) is 15.1. The first-order valence-corrected chi connectivity index (χ1v) is 10.3. The Morgan fingerprint density at radius 2 is 1.61 bits per heavy atom. The van der Waals surface area contributed by atoms with E-state index in [0.717, 1.165) is 16.3 Å². The van der Waals surface area contributed by atoms with Crippen molar-refractivity contribution >= 4 is 44.8 Å². The second-order valence-electron chi connectivity index (χ2n) is 6.67. The molecule has 0 radical (unpaired) electrons. The minimum atomic E-state index is -0.436. The van der Waals surface area contributed by atoms with Gasteiger partial charge in [0.1, 0.15) is 5.75 Å². The number of halogens is 1. The number of carbonyl (C=O) groups is 2. The Balaban J connectivity index is 1.45. The van der Waals surface area contributed by atoms with E-state index >= 15 is 0 Å². The molecule has 0 bridgehead atoms. The smallest absolute Gasteiger partial charge is 0.344 e. The molecule has 0 heterocycles. The van der Waals surface area contributed by atoms with E-state index in [1.54, 1.807) is 48.5 Å². The lowest BCUT2D eigenvalue weighted by atomic mass is 10.0. The minimum Gasteiger partial charge on any atom is -0.422 e. The number of rotatable bonds is 5. The van der Waals surface area contributed by atoms with Crippen LogP contribution in [0.4, 0.5) is 0 Å². The zero-order chi connectivity index (χ0) is 21.6. The predicted octanol–water partition coefficient (Wildman–Crippen LogP) is 5.59. The number of ether oxygens (including phenoxy) is 1. The van der Waals surface area contributed by atoms with Crippen LogP contribution in [-0.2, 0) is 0 Å². The van der Waals surface area contributed by atoms with Gasteiger partial charge in [-0.15, -0.1) is 0 Å². The molecule has 4 rings (SSSR count). The third-order valence-electron chi connectivity index (χ3n) is 4.58. The molecule has 6 heteroatoms. The van der Waals surface area contributed by atoms with Crippen LogP contribution in [0.1, 0.15) is 26.3 Å². The molecule has 0 aromatic heterocycles. The van der Waals surface area contributed by atoms with E-state index in [2.05, 4.69) is 26.5 Å². The standard InChI is InChI=1S/C25H17BrN2O3/c26-22-15-17(16-27-28-24(29)19-8-2-1-3-9-19)13-14-23(22)31-25(30)21-12-6-10-18-7-4-5-11-20(18)21/h1-16H,(H,28,29)/b27-16-. The topological polar surface area (TPSA) is 67.8 Å². The van der Waals surface area contributed by atoms with Crippen LogP contribution in [0.15, 0.2) is 101 Å². The Hall–Kier alpha value is -3.77. The van der Waals surface area contributed by atoms with Gasteiger partial charge in [0.25, 0.3) is 5.91 Å². The molecule has 0 saturated carbocycles. The van der Waals surface area contributed by atoms with Crippen LogP contribution in [0.5, 0.6) is 5.75 Å². The van der Waals surface area contributed by atoms with Crippen molar-refractivity contribution in [3.05, 3.63) is 112 Å². The lowest BCUT2D eigenvalue weighted by Gasteiger charge is -2.09. The number of benzene rings is 4. The summed E-state index contributed by atoms with van der Waals surface area (Å²) in [5.41, 5.74) is 4.23. The van der Waals surface area contributed by atoms with Crippen molar-refractivity contribution in [1.29, 1.82) is 0 Å². The third-order valence-corrected chi connectivity index (χ3v) is 5.20. The average Bonchev–Trinajstić information content (AvgIpc) is 2.81. The van der Waals surface area contributed by atoms with Gasteiger partial charge in [-0.05, 0) is 68.7 Å². The number of hydrogen-bond donors (Lipinski definition) is 1. The molecule has 0 aliphatic carbocycles. The number of nitrogens with zero attached hydrogens (tertiary/aromatic N) is 1. The van der Waals surface area contributed by atoms with Gasteiger partial charge in [-0.1, -0.05) is 54.6 Å². The molecule has 31 heavy (non-hydrogen) atoms. The first-order valence-electron chi connectivity index (χ1n) is 9.50. The summed E-state index contributed by atoms with van der Waals surface area (Å²) in [4.78, 5) is 24.7. The molecule has 0 saturated heterocycles. The summed E-state index contributed by atoms with van der Waals surface area (Å²) in [5, 5.41) is 5.79. The van der Waals surface area contributed by atoms with E-state index < -0.39 is 5.97 Å². The summed E-state index contributed by atoms with van der Waals surface area (Å²) < 4.78 is 6.19. The van der Waals surface area contributed by atoms with Crippen molar-refractivity contribution in [3.8, 4) is 5.75 Å².